The first kappa shape index (κ1) is 47.8. The van der Waals surface area contributed by atoms with Gasteiger partial charge in [0.25, 0.3) is 0 Å². The highest BCUT2D eigenvalue weighted by atomic mass is 16.8. The Kier molecular flexibility index (Phi) is 12.7. The van der Waals surface area contributed by atoms with Crippen molar-refractivity contribution in [2.24, 2.45) is 16.7 Å². The van der Waals surface area contributed by atoms with Gasteiger partial charge in [0.05, 0.1) is 23.5 Å². The molecule has 2 saturated heterocycles. The van der Waals surface area contributed by atoms with E-state index >= 15 is 4.79 Å². The summed E-state index contributed by atoms with van der Waals surface area (Å²) in [7, 11) is 0. The van der Waals surface area contributed by atoms with Gasteiger partial charge in [-0.3, -0.25) is 28.8 Å². The third-order valence-electron chi connectivity index (χ3n) is 14.5. The van der Waals surface area contributed by atoms with Gasteiger partial charge in [-0.05, 0) is 62.0 Å². The molecule has 3 aromatic rings. The van der Waals surface area contributed by atoms with Crippen LogP contribution in [0, 0.1) is 16.7 Å². The van der Waals surface area contributed by atoms with Gasteiger partial charge in [-0.2, -0.15) is 0 Å². The average molecular weight is 935 g/mol. The highest BCUT2D eigenvalue weighted by Crippen LogP contribution is 2.67. The molecule has 2 saturated carbocycles. The number of Topliss-reactive ketones (excluding diaryl/α,β-unsaturated/α-hetero) is 1. The monoisotopic (exact) mass is 934 g/mol. The van der Waals surface area contributed by atoms with E-state index in [1.807, 2.05) is 18.2 Å². The average Bonchev–Trinajstić information content (AvgIpc) is 3.66. The zero-order valence-corrected chi connectivity index (χ0v) is 38.9. The van der Waals surface area contributed by atoms with E-state index in [9.17, 15) is 33.6 Å². The fraction of sp³-hybridized carbons (Fsp3) is 0.462. The Balaban J connectivity index is 1.20. The molecule has 10 atom stereocenters. The van der Waals surface area contributed by atoms with Crippen LogP contribution in [0.2, 0.25) is 0 Å². The van der Waals surface area contributed by atoms with Crippen molar-refractivity contribution in [2.75, 3.05) is 6.61 Å². The van der Waals surface area contributed by atoms with Gasteiger partial charge in [-0.25, -0.2) is 9.59 Å². The third kappa shape index (κ3) is 7.95. The minimum Gasteiger partial charge on any atom is -0.461 e. The molecule has 5 aliphatic rings. The molecular weight excluding hydrogens is 881 g/mol. The topological polar surface area (TPSA) is 210 Å². The van der Waals surface area contributed by atoms with Crippen LogP contribution in [0.4, 0.5) is 4.79 Å². The van der Waals surface area contributed by atoms with Gasteiger partial charge in [0.1, 0.15) is 12.2 Å². The van der Waals surface area contributed by atoms with E-state index in [1.54, 1.807) is 75.4 Å². The van der Waals surface area contributed by atoms with Gasteiger partial charge >= 0.3 is 36.0 Å². The zero-order chi connectivity index (χ0) is 48.9. The van der Waals surface area contributed by atoms with Crippen LogP contribution in [0.3, 0.4) is 0 Å². The van der Waals surface area contributed by atoms with Gasteiger partial charge in [-0.1, -0.05) is 86.6 Å². The normalized spacial score (nSPS) is 30.8. The summed E-state index contributed by atoms with van der Waals surface area (Å²) in [6, 6.07) is 24.1. The largest absolute Gasteiger partial charge is 0.509 e. The number of benzene rings is 3. The molecule has 1 spiro atoms. The van der Waals surface area contributed by atoms with Crippen molar-refractivity contribution in [2.45, 2.75) is 128 Å². The molecule has 16 nitrogen and oxygen atoms in total. The van der Waals surface area contributed by atoms with Crippen LogP contribution >= 0.6 is 0 Å². The van der Waals surface area contributed by atoms with E-state index in [0.29, 0.717) is 30.4 Å². The summed E-state index contributed by atoms with van der Waals surface area (Å²) < 4.78 is 49.5. The SMILES string of the molecule is CC(=O)O[C@H]1C(=O)[C@]2(C)[C@@H](OC(=O)CCCCc3ccc(C(=O)c4ccccc4)cc3)C[C@H]3OC[C@@]3(OC(C)=O)[C@H]2[C@H](OC(=O)c2ccccc2)[C@]23OC(=O)O[C@H]2[C@H](OC(C)=O)C(C)=C1C3(C)C. The summed E-state index contributed by atoms with van der Waals surface area (Å²) in [6.45, 7) is 9.29. The highest BCUT2D eigenvalue weighted by molar-refractivity contribution is 6.09. The van der Waals surface area contributed by atoms with Crippen LogP contribution in [-0.4, -0.2) is 102 Å². The lowest BCUT2D eigenvalue weighted by Gasteiger charge is -2.67. The minimum atomic E-state index is -2.24. The van der Waals surface area contributed by atoms with E-state index in [0.717, 1.165) is 26.3 Å². The first-order valence-corrected chi connectivity index (χ1v) is 22.7. The van der Waals surface area contributed by atoms with Crippen molar-refractivity contribution in [3.63, 3.8) is 0 Å². The van der Waals surface area contributed by atoms with E-state index in [2.05, 4.69) is 0 Å². The summed E-state index contributed by atoms with van der Waals surface area (Å²) >= 11 is 0. The number of hydrogen-bond acceptors (Lipinski definition) is 16. The van der Waals surface area contributed by atoms with Crippen LogP contribution in [0.25, 0.3) is 0 Å². The number of fused-ring (bicyclic) bond motifs is 4. The number of ketones is 2. The zero-order valence-electron chi connectivity index (χ0n) is 38.9. The van der Waals surface area contributed by atoms with Crippen LogP contribution in [0.15, 0.2) is 96.1 Å². The lowest BCUT2D eigenvalue weighted by atomic mass is 9.44. The second-order valence-corrected chi connectivity index (χ2v) is 18.9. The summed E-state index contributed by atoms with van der Waals surface area (Å²) in [5.41, 5.74) is -5.41. The molecule has 358 valence electrons. The van der Waals surface area contributed by atoms with E-state index in [4.69, 9.17) is 37.9 Å². The molecule has 68 heavy (non-hydrogen) atoms. The van der Waals surface area contributed by atoms with Crippen LogP contribution in [0.1, 0.15) is 106 Å². The summed E-state index contributed by atoms with van der Waals surface area (Å²) in [5, 5.41) is 0. The number of hydrogen-bond donors (Lipinski definition) is 0. The number of unbranched alkanes of at least 4 members (excludes halogenated alkanes) is 1. The predicted molar refractivity (Wildman–Crippen MR) is 237 cm³/mol. The molecule has 4 fully saturated rings. The number of carbonyl (C=O) groups excluding carboxylic acids is 8. The Morgan fingerprint density at radius 1 is 0.721 bits per heavy atom. The summed E-state index contributed by atoms with van der Waals surface area (Å²) in [4.78, 5) is 111. The Morgan fingerprint density at radius 3 is 1.93 bits per heavy atom. The van der Waals surface area contributed by atoms with Crippen molar-refractivity contribution in [3.8, 4) is 0 Å². The van der Waals surface area contributed by atoms with Crippen molar-refractivity contribution in [1.29, 1.82) is 0 Å². The lowest BCUT2D eigenvalue weighted by Crippen LogP contribution is -2.83. The second kappa shape index (κ2) is 18.1. The number of aryl methyl sites for hydroxylation is 1. The Hall–Kier alpha value is -6.68. The quantitative estimate of drug-likeness (QED) is 0.0583. The van der Waals surface area contributed by atoms with Crippen molar-refractivity contribution < 1.29 is 76.3 Å². The maximum atomic E-state index is 16.1. The summed E-state index contributed by atoms with van der Waals surface area (Å²) in [6.07, 6.45) is -9.16. The van der Waals surface area contributed by atoms with Crippen LogP contribution in [-0.2, 0) is 68.3 Å². The molecule has 0 N–H and O–H groups in total. The molecule has 3 aliphatic carbocycles. The fourth-order valence-corrected chi connectivity index (χ4v) is 11.5. The van der Waals surface area contributed by atoms with Crippen molar-refractivity contribution >= 4 is 47.6 Å². The van der Waals surface area contributed by atoms with Gasteiger partial charge in [0.2, 0.25) is 5.60 Å². The van der Waals surface area contributed by atoms with Crippen molar-refractivity contribution in [1.82, 2.24) is 0 Å². The first-order chi connectivity index (χ1) is 32.3. The molecule has 3 aromatic carbocycles. The third-order valence-corrected chi connectivity index (χ3v) is 14.5. The molecule has 2 aliphatic heterocycles. The molecule has 0 radical (unpaired) electrons. The molecule has 0 unspecified atom stereocenters. The molecular formula is C52H54O16. The molecule has 2 heterocycles. The van der Waals surface area contributed by atoms with Gasteiger partial charge < -0.3 is 37.9 Å². The summed E-state index contributed by atoms with van der Waals surface area (Å²) in [5.74, 6) is -6.60. The molecule has 0 aromatic heterocycles. The fourth-order valence-electron chi connectivity index (χ4n) is 11.5. The number of ether oxygens (including phenoxy) is 8. The Morgan fingerprint density at radius 2 is 1.34 bits per heavy atom. The number of carbonyl (C=O) groups is 8. The highest BCUT2D eigenvalue weighted by Gasteiger charge is 2.83. The molecule has 0 amide bonds. The smallest absolute Gasteiger partial charge is 0.461 e. The minimum absolute atomic E-state index is 0.0639. The van der Waals surface area contributed by atoms with Crippen molar-refractivity contribution in [3.05, 3.63) is 118 Å². The predicted octanol–water partition coefficient (Wildman–Crippen LogP) is 6.57. The maximum absolute atomic E-state index is 16.1. The van der Waals surface area contributed by atoms with E-state index in [1.165, 1.54) is 19.1 Å². The Bertz CT molecular complexity index is 2570. The first-order valence-electron chi connectivity index (χ1n) is 22.7. The second-order valence-electron chi connectivity index (χ2n) is 18.9. The van der Waals surface area contributed by atoms with Gasteiger partial charge in [0.15, 0.2) is 41.6 Å². The van der Waals surface area contributed by atoms with Crippen LogP contribution in [0.5, 0.6) is 0 Å². The van der Waals surface area contributed by atoms with Gasteiger partial charge in [-0.15, -0.1) is 0 Å². The lowest BCUT2D eigenvalue weighted by molar-refractivity contribution is -0.346. The molecule has 8 rings (SSSR count). The standard InChI is InChI=1S/C52H54O16/c1-28-39-42(63-30(3)54)44(58)50(7)36(64-38(56)21-15-14-16-32-22-24-34(25-23-32)40(57)33-17-10-8-11-18-33)26-37-51(27-61-37,67-31(4)55)43(50)46(65-47(59)35-19-12-9-13-20-35)52(49(39,5)6)45(66-48(60)68-52)41(28)62-29(2)53/h8-13,17-20,22-25,36-37,41-43,45-46H,14-16,21,26-27H2,1-7H3/t36-,37+,41+,42+,43-,45-,46-,50+,51-,52+/m0/s1. The van der Waals surface area contributed by atoms with E-state index < -0.39 is 106 Å². The molecule has 2 bridgehead atoms. The van der Waals surface area contributed by atoms with Crippen LogP contribution < -0.4 is 0 Å². The maximum Gasteiger partial charge on any atom is 0.509 e. The number of esters is 5. The molecule has 16 heteroatoms. The van der Waals surface area contributed by atoms with E-state index in [-0.39, 0.29) is 41.9 Å². The number of rotatable bonds is 13. The van der Waals surface area contributed by atoms with Gasteiger partial charge in [0, 0.05) is 50.2 Å². The Labute approximate surface area is 392 Å².